The van der Waals surface area contributed by atoms with Crippen LogP contribution in [0.25, 0.3) is 22.3 Å². The number of hydrogen-bond donors (Lipinski definition) is 4. The Balaban J connectivity index is 1.68. The first-order valence-corrected chi connectivity index (χ1v) is 9.27. The van der Waals surface area contributed by atoms with Gasteiger partial charge >= 0.3 is 0 Å². The fourth-order valence-corrected chi connectivity index (χ4v) is 3.35. The van der Waals surface area contributed by atoms with Crippen molar-refractivity contribution in [3.05, 3.63) is 78.1 Å². The van der Waals surface area contributed by atoms with E-state index in [1.54, 1.807) is 0 Å². The van der Waals surface area contributed by atoms with Gasteiger partial charge in [0, 0.05) is 5.69 Å². The van der Waals surface area contributed by atoms with Gasteiger partial charge in [-0.2, -0.15) is 0 Å². The fraction of sp³-hybridized carbons (Fsp3) is 0.136. The average molecular weight is 387 g/mol. The number of aliphatic hydroxyl groups excluding tert-OH is 1. The number of aromatic nitrogens is 3. The summed E-state index contributed by atoms with van der Waals surface area (Å²) < 4.78 is 0. The summed E-state index contributed by atoms with van der Waals surface area (Å²) in [4.78, 5) is 23.2. The minimum Gasteiger partial charge on any atom is -0.394 e. The number of rotatable bonds is 7. The second kappa shape index (κ2) is 8.12. The first-order valence-electron chi connectivity index (χ1n) is 9.27. The lowest BCUT2D eigenvalue weighted by atomic mass is 10.1. The van der Waals surface area contributed by atoms with Crippen molar-refractivity contribution in [2.75, 3.05) is 11.9 Å². The molecule has 0 unspecified atom stereocenters. The SMILES string of the molecule is NC(=O)Cc1cccc(-c2cc3c(N[C@H](CO)c4ccccc4)ncnc3[nH]2)c1. The van der Waals surface area contributed by atoms with E-state index >= 15 is 0 Å². The van der Waals surface area contributed by atoms with Crippen LogP contribution in [0.1, 0.15) is 17.2 Å². The number of hydrogen-bond acceptors (Lipinski definition) is 5. The predicted octanol–water partition coefficient (Wildman–Crippen LogP) is 2.80. The van der Waals surface area contributed by atoms with E-state index in [1.165, 1.54) is 6.33 Å². The number of anilines is 1. The van der Waals surface area contributed by atoms with Gasteiger partial charge < -0.3 is 21.1 Å². The van der Waals surface area contributed by atoms with Crippen molar-refractivity contribution in [2.24, 2.45) is 5.73 Å². The van der Waals surface area contributed by atoms with Gasteiger partial charge in [-0.3, -0.25) is 4.79 Å². The van der Waals surface area contributed by atoms with Crippen LogP contribution in [0.4, 0.5) is 5.82 Å². The maximum atomic E-state index is 11.2. The number of aromatic amines is 1. The molecule has 29 heavy (non-hydrogen) atoms. The molecule has 4 aromatic rings. The van der Waals surface area contributed by atoms with Gasteiger partial charge in [0.1, 0.15) is 17.8 Å². The number of carbonyl (C=O) groups excluding carboxylic acids is 1. The number of H-pyrrole nitrogens is 1. The zero-order valence-corrected chi connectivity index (χ0v) is 15.7. The number of nitrogens with two attached hydrogens (primary N) is 1. The molecule has 4 rings (SSSR count). The van der Waals surface area contributed by atoms with E-state index in [0.717, 1.165) is 27.8 Å². The maximum Gasteiger partial charge on any atom is 0.221 e. The molecule has 2 aromatic carbocycles. The first kappa shape index (κ1) is 18.6. The van der Waals surface area contributed by atoms with Gasteiger partial charge in [-0.05, 0) is 28.8 Å². The van der Waals surface area contributed by atoms with Crippen LogP contribution in [-0.4, -0.2) is 32.6 Å². The van der Waals surface area contributed by atoms with Crippen LogP contribution in [0, 0.1) is 0 Å². The summed E-state index contributed by atoms with van der Waals surface area (Å²) in [6, 6.07) is 19.0. The number of primary amides is 1. The van der Waals surface area contributed by atoms with E-state index in [9.17, 15) is 9.90 Å². The number of nitrogens with one attached hydrogen (secondary N) is 2. The van der Waals surface area contributed by atoms with E-state index in [-0.39, 0.29) is 25.0 Å². The molecule has 7 heteroatoms. The number of carbonyl (C=O) groups is 1. The average Bonchev–Trinajstić information content (AvgIpc) is 3.17. The maximum absolute atomic E-state index is 11.2. The molecule has 5 N–H and O–H groups in total. The summed E-state index contributed by atoms with van der Waals surface area (Å²) in [5, 5.41) is 14.0. The Kier molecular flexibility index (Phi) is 5.22. The Morgan fingerprint density at radius 2 is 1.93 bits per heavy atom. The van der Waals surface area contributed by atoms with Crippen molar-refractivity contribution in [2.45, 2.75) is 12.5 Å². The van der Waals surface area contributed by atoms with Gasteiger partial charge in [0.05, 0.1) is 24.5 Å². The minimum absolute atomic E-state index is 0.0675. The molecule has 0 fully saturated rings. The second-order valence-corrected chi connectivity index (χ2v) is 6.80. The monoisotopic (exact) mass is 387 g/mol. The van der Waals surface area contributed by atoms with E-state index < -0.39 is 0 Å². The highest BCUT2D eigenvalue weighted by atomic mass is 16.3. The molecule has 1 atom stereocenters. The van der Waals surface area contributed by atoms with Crippen LogP contribution in [0.5, 0.6) is 0 Å². The molecular weight excluding hydrogens is 366 g/mol. The van der Waals surface area contributed by atoms with Crippen LogP contribution in [0.15, 0.2) is 67.0 Å². The Bertz CT molecular complexity index is 1140. The van der Waals surface area contributed by atoms with E-state index in [0.29, 0.717) is 11.5 Å². The molecule has 0 aliphatic rings. The molecule has 0 spiro atoms. The molecule has 0 saturated carbocycles. The van der Waals surface area contributed by atoms with E-state index in [1.807, 2.05) is 60.7 Å². The molecule has 0 saturated heterocycles. The van der Waals surface area contributed by atoms with Crippen molar-refractivity contribution in [3.63, 3.8) is 0 Å². The van der Waals surface area contributed by atoms with Crippen molar-refractivity contribution < 1.29 is 9.90 Å². The Morgan fingerprint density at radius 1 is 1.10 bits per heavy atom. The number of nitrogens with zero attached hydrogens (tertiary/aromatic N) is 2. The number of benzene rings is 2. The molecule has 2 aromatic heterocycles. The third kappa shape index (κ3) is 4.09. The number of amides is 1. The first-order chi connectivity index (χ1) is 14.1. The lowest BCUT2D eigenvalue weighted by Crippen LogP contribution is -2.15. The van der Waals surface area contributed by atoms with Gasteiger partial charge in [0.25, 0.3) is 0 Å². The highest BCUT2D eigenvalue weighted by Gasteiger charge is 2.15. The Hall–Kier alpha value is -3.71. The molecule has 0 bridgehead atoms. The molecule has 1 amide bonds. The van der Waals surface area contributed by atoms with E-state index in [4.69, 9.17) is 5.73 Å². The molecule has 0 radical (unpaired) electrons. The minimum atomic E-state index is -0.368. The molecule has 0 aliphatic carbocycles. The molecule has 7 nitrogen and oxygen atoms in total. The van der Waals surface area contributed by atoms with Crippen LogP contribution in [-0.2, 0) is 11.2 Å². The topological polar surface area (TPSA) is 117 Å². The summed E-state index contributed by atoms with van der Waals surface area (Å²) in [5.74, 6) is 0.265. The van der Waals surface area contributed by atoms with Crippen molar-refractivity contribution in [1.82, 2.24) is 15.0 Å². The number of aliphatic hydroxyl groups is 1. The molecular formula is C22H21N5O2. The predicted molar refractivity (Wildman–Crippen MR) is 112 cm³/mol. The molecule has 2 heterocycles. The van der Waals surface area contributed by atoms with Gasteiger partial charge in [0.2, 0.25) is 5.91 Å². The summed E-state index contributed by atoms with van der Waals surface area (Å²) in [6.07, 6.45) is 1.67. The third-order valence-electron chi connectivity index (χ3n) is 4.74. The van der Waals surface area contributed by atoms with Gasteiger partial charge in [-0.15, -0.1) is 0 Å². The smallest absolute Gasteiger partial charge is 0.221 e. The van der Waals surface area contributed by atoms with Crippen LogP contribution in [0.3, 0.4) is 0 Å². The Morgan fingerprint density at radius 3 is 2.69 bits per heavy atom. The highest BCUT2D eigenvalue weighted by molar-refractivity contribution is 5.91. The van der Waals surface area contributed by atoms with Gasteiger partial charge in [-0.1, -0.05) is 48.5 Å². The second-order valence-electron chi connectivity index (χ2n) is 6.80. The zero-order valence-electron chi connectivity index (χ0n) is 15.7. The highest BCUT2D eigenvalue weighted by Crippen LogP contribution is 2.29. The van der Waals surface area contributed by atoms with Gasteiger partial charge in [0.15, 0.2) is 0 Å². The molecule has 146 valence electrons. The summed E-state index contributed by atoms with van der Waals surface area (Å²) in [5.41, 5.74) is 9.59. The Labute approximate surface area is 167 Å². The van der Waals surface area contributed by atoms with Crippen molar-refractivity contribution in [3.8, 4) is 11.3 Å². The summed E-state index contributed by atoms with van der Waals surface area (Å²) in [7, 11) is 0. The summed E-state index contributed by atoms with van der Waals surface area (Å²) in [6.45, 7) is -0.0675. The third-order valence-corrected chi connectivity index (χ3v) is 4.74. The fourth-order valence-electron chi connectivity index (χ4n) is 3.35. The quantitative estimate of drug-likeness (QED) is 0.389. The largest absolute Gasteiger partial charge is 0.394 e. The number of fused-ring (bicyclic) bond motifs is 1. The lowest BCUT2D eigenvalue weighted by molar-refractivity contribution is -0.117. The summed E-state index contributed by atoms with van der Waals surface area (Å²) >= 11 is 0. The van der Waals surface area contributed by atoms with Crippen LogP contribution in [0.2, 0.25) is 0 Å². The van der Waals surface area contributed by atoms with Gasteiger partial charge in [-0.25, -0.2) is 9.97 Å². The lowest BCUT2D eigenvalue weighted by Gasteiger charge is -2.17. The van der Waals surface area contributed by atoms with E-state index in [2.05, 4.69) is 20.3 Å². The van der Waals surface area contributed by atoms with Crippen molar-refractivity contribution in [1.29, 1.82) is 0 Å². The zero-order chi connectivity index (χ0) is 20.2. The van der Waals surface area contributed by atoms with Crippen LogP contribution < -0.4 is 11.1 Å². The van der Waals surface area contributed by atoms with Crippen LogP contribution >= 0.6 is 0 Å². The normalized spacial score (nSPS) is 12.0. The van der Waals surface area contributed by atoms with Crippen molar-refractivity contribution >= 4 is 22.8 Å². The standard InChI is InChI=1S/C22H21N5O2/c23-20(29)10-14-5-4-8-16(9-14)18-11-17-21(26-18)24-13-25-22(17)27-19(12-28)15-6-2-1-3-7-15/h1-9,11,13,19,28H,10,12H2,(H2,23,29)(H2,24,25,26,27)/t19-/m1/s1. The molecule has 0 aliphatic heterocycles.